The average molecular weight is 683 g/mol. The van der Waals surface area contributed by atoms with Gasteiger partial charge in [0.15, 0.2) is 0 Å². The summed E-state index contributed by atoms with van der Waals surface area (Å²) in [4.78, 5) is 51.7. The van der Waals surface area contributed by atoms with Crippen LogP contribution in [0.1, 0.15) is 91.7 Å². The summed E-state index contributed by atoms with van der Waals surface area (Å²) in [5.74, 6) is -0.981. The molecule has 272 valence electrons. The summed E-state index contributed by atoms with van der Waals surface area (Å²) in [6.07, 6.45) is -2.12. The zero-order valence-electron chi connectivity index (χ0n) is 30.2. The minimum Gasteiger partial charge on any atom is -0.444 e. The van der Waals surface area contributed by atoms with Crippen molar-refractivity contribution in [1.82, 2.24) is 21.3 Å². The number of carbonyl (C=O) groups excluding carboxylic acids is 4. The van der Waals surface area contributed by atoms with E-state index in [-0.39, 0.29) is 37.0 Å². The Bertz CT molecular complexity index is 1300. The van der Waals surface area contributed by atoms with Gasteiger partial charge in [0.25, 0.3) is 0 Å². The lowest BCUT2D eigenvalue weighted by atomic mass is 9.95. The van der Waals surface area contributed by atoms with Gasteiger partial charge in [-0.15, -0.1) is 0 Å². The molecule has 0 saturated heterocycles. The van der Waals surface area contributed by atoms with Gasteiger partial charge >= 0.3 is 6.09 Å². The molecule has 11 nitrogen and oxygen atoms in total. The Morgan fingerprint density at radius 2 is 1.29 bits per heavy atom. The van der Waals surface area contributed by atoms with Crippen LogP contribution in [0.15, 0.2) is 60.7 Å². The maximum Gasteiger partial charge on any atom is 0.407 e. The lowest BCUT2D eigenvalue weighted by molar-refractivity contribution is -0.131. The number of ether oxygens (including phenoxy) is 1. The first-order valence-corrected chi connectivity index (χ1v) is 17.3. The Morgan fingerprint density at radius 3 is 1.84 bits per heavy atom. The Kier molecular flexibility index (Phi) is 17.3. The first-order valence-electron chi connectivity index (χ1n) is 17.3. The van der Waals surface area contributed by atoms with Crippen molar-refractivity contribution in [2.24, 2.45) is 11.8 Å². The molecule has 0 spiro atoms. The molecule has 11 heteroatoms. The third kappa shape index (κ3) is 17.3. The monoisotopic (exact) mass is 682 g/mol. The van der Waals surface area contributed by atoms with Crippen LogP contribution in [0.4, 0.5) is 4.79 Å². The fourth-order valence-electron chi connectivity index (χ4n) is 5.39. The van der Waals surface area contributed by atoms with Crippen LogP contribution in [0.25, 0.3) is 0 Å². The van der Waals surface area contributed by atoms with Crippen LogP contribution in [-0.4, -0.2) is 70.0 Å². The highest BCUT2D eigenvalue weighted by Crippen LogP contribution is 2.16. The molecule has 5 atom stereocenters. The molecule has 2 aromatic carbocycles. The normalized spacial score (nSPS) is 14.7. The van der Waals surface area contributed by atoms with Crippen LogP contribution in [0, 0.1) is 11.8 Å². The fraction of sp³-hybridized carbons (Fsp3) is 0.579. The molecule has 49 heavy (non-hydrogen) atoms. The second-order valence-electron chi connectivity index (χ2n) is 14.6. The molecule has 2 aromatic rings. The van der Waals surface area contributed by atoms with Gasteiger partial charge in [-0.2, -0.15) is 0 Å². The van der Waals surface area contributed by atoms with Crippen molar-refractivity contribution in [2.75, 3.05) is 0 Å². The lowest BCUT2D eigenvalue weighted by Crippen LogP contribution is -2.50. The van der Waals surface area contributed by atoms with Crippen LogP contribution >= 0.6 is 0 Å². The van der Waals surface area contributed by atoms with E-state index < -0.39 is 53.8 Å². The van der Waals surface area contributed by atoms with Gasteiger partial charge < -0.3 is 36.2 Å². The fourth-order valence-corrected chi connectivity index (χ4v) is 5.39. The highest BCUT2D eigenvalue weighted by atomic mass is 16.6. The number of benzene rings is 2. The van der Waals surface area contributed by atoms with Crippen LogP contribution in [0.3, 0.4) is 0 Å². The maximum absolute atomic E-state index is 13.1. The predicted octanol–water partition coefficient (Wildman–Crippen LogP) is 4.39. The number of carbonyl (C=O) groups is 4. The van der Waals surface area contributed by atoms with Gasteiger partial charge in [-0.1, -0.05) is 88.4 Å². The van der Waals surface area contributed by atoms with E-state index in [1.165, 1.54) is 0 Å². The average Bonchev–Trinajstić information content (AvgIpc) is 3.01. The van der Waals surface area contributed by atoms with E-state index >= 15 is 0 Å². The summed E-state index contributed by atoms with van der Waals surface area (Å²) >= 11 is 0. The summed E-state index contributed by atoms with van der Waals surface area (Å²) in [6.45, 7) is 13.4. The van der Waals surface area contributed by atoms with Crippen LogP contribution in [0.2, 0.25) is 0 Å². The number of aliphatic hydroxyl groups excluding tert-OH is 2. The molecule has 0 fully saturated rings. The Morgan fingerprint density at radius 1 is 0.714 bits per heavy atom. The number of hydrogen-bond acceptors (Lipinski definition) is 7. The van der Waals surface area contributed by atoms with Gasteiger partial charge in [-0.05, 0) is 69.4 Å². The van der Waals surface area contributed by atoms with Crippen molar-refractivity contribution in [2.45, 2.75) is 129 Å². The second kappa shape index (κ2) is 20.5. The van der Waals surface area contributed by atoms with Crippen molar-refractivity contribution in [3.05, 3.63) is 71.8 Å². The zero-order chi connectivity index (χ0) is 36.6. The van der Waals surface area contributed by atoms with Crippen molar-refractivity contribution >= 4 is 23.8 Å². The first-order chi connectivity index (χ1) is 23.0. The number of hydrogen-bond donors (Lipinski definition) is 6. The molecule has 4 amide bonds. The van der Waals surface area contributed by atoms with Gasteiger partial charge in [-0.3, -0.25) is 14.4 Å². The van der Waals surface area contributed by atoms with Crippen LogP contribution in [-0.2, 0) is 32.1 Å². The molecule has 0 saturated carbocycles. The molecule has 0 heterocycles. The number of aliphatic hydroxyl groups is 2. The van der Waals surface area contributed by atoms with Crippen molar-refractivity contribution < 1.29 is 34.1 Å². The highest BCUT2D eigenvalue weighted by molar-refractivity contribution is 5.87. The molecule has 2 unspecified atom stereocenters. The zero-order valence-corrected chi connectivity index (χ0v) is 30.2. The largest absolute Gasteiger partial charge is 0.444 e. The maximum atomic E-state index is 13.1. The third-order valence-electron chi connectivity index (χ3n) is 7.73. The topological polar surface area (TPSA) is 166 Å². The molecule has 0 aliphatic carbocycles. The Hall–Kier alpha value is -3.96. The van der Waals surface area contributed by atoms with Crippen molar-refractivity contribution in [1.29, 1.82) is 0 Å². The molecule has 0 aliphatic heterocycles. The first kappa shape index (κ1) is 41.2. The van der Waals surface area contributed by atoms with E-state index in [9.17, 15) is 29.4 Å². The summed E-state index contributed by atoms with van der Waals surface area (Å²) in [6, 6.07) is 16.6. The number of nitrogens with one attached hydrogen (secondary N) is 4. The summed E-state index contributed by atoms with van der Waals surface area (Å²) in [5, 5.41) is 33.4. The lowest BCUT2D eigenvalue weighted by Gasteiger charge is -2.28. The van der Waals surface area contributed by atoms with Gasteiger partial charge in [0.05, 0.1) is 30.7 Å². The minimum absolute atomic E-state index is 0.0408. The minimum atomic E-state index is -1.21. The van der Waals surface area contributed by atoms with E-state index in [1.807, 2.05) is 88.4 Å². The smallest absolute Gasteiger partial charge is 0.407 e. The summed E-state index contributed by atoms with van der Waals surface area (Å²) in [5.41, 5.74) is 1.11. The molecule has 0 bridgehead atoms. The van der Waals surface area contributed by atoms with E-state index in [2.05, 4.69) is 21.3 Å². The molecular weight excluding hydrogens is 624 g/mol. The van der Waals surface area contributed by atoms with E-state index in [0.717, 1.165) is 11.1 Å². The number of alkyl carbamates (subject to hydrolysis) is 1. The number of rotatable bonds is 19. The quantitative estimate of drug-likeness (QED) is 0.128. The molecule has 6 N–H and O–H groups in total. The predicted molar refractivity (Wildman–Crippen MR) is 190 cm³/mol. The SMILES string of the molecule is CC(C)C[C@H](NC(=O)CC(O)[C@H](CC(C)C)NC(=O)CCC(O)[C@H](Cc1ccccc1)NC(=O)OC(C)(C)C)C(=O)NCc1ccccc1. The van der Waals surface area contributed by atoms with Gasteiger partial charge in [0, 0.05) is 13.0 Å². The summed E-state index contributed by atoms with van der Waals surface area (Å²) < 4.78 is 5.39. The Balaban J connectivity index is 2.00. The summed E-state index contributed by atoms with van der Waals surface area (Å²) in [7, 11) is 0. The van der Waals surface area contributed by atoms with Crippen molar-refractivity contribution in [3.63, 3.8) is 0 Å². The second-order valence-corrected chi connectivity index (χ2v) is 14.6. The molecule has 0 radical (unpaired) electrons. The van der Waals surface area contributed by atoms with Gasteiger partial charge in [0.1, 0.15) is 11.6 Å². The van der Waals surface area contributed by atoms with Gasteiger partial charge in [-0.25, -0.2) is 4.79 Å². The molecule has 0 aliphatic rings. The van der Waals surface area contributed by atoms with E-state index in [4.69, 9.17) is 4.74 Å². The molecule has 2 rings (SSSR count). The number of amides is 4. The standard InChI is InChI=1S/C38H58N4O7/c1-25(2)20-29(33(44)23-35(46)41-31(21-26(3)4)36(47)39-24-28-16-12-9-13-17-28)40-34(45)19-18-32(43)30(22-27-14-10-8-11-15-27)42-37(48)49-38(5,6)7/h8-17,25-26,29-33,43-44H,18-24H2,1-7H3,(H,39,47)(H,40,45)(H,41,46)(H,42,48)/t29-,30-,31-,32?,33?/m0/s1. The molecular formula is C38H58N4O7. The van der Waals surface area contributed by atoms with Gasteiger partial charge in [0.2, 0.25) is 17.7 Å². The van der Waals surface area contributed by atoms with E-state index in [0.29, 0.717) is 25.8 Å². The Labute approximate surface area is 292 Å². The van der Waals surface area contributed by atoms with Crippen molar-refractivity contribution in [3.8, 4) is 0 Å². The van der Waals surface area contributed by atoms with Crippen LogP contribution in [0.5, 0.6) is 0 Å². The highest BCUT2D eigenvalue weighted by Gasteiger charge is 2.29. The van der Waals surface area contributed by atoms with Crippen LogP contribution < -0.4 is 21.3 Å². The third-order valence-corrected chi connectivity index (χ3v) is 7.73. The van der Waals surface area contributed by atoms with E-state index in [1.54, 1.807) is 20.8 Å². The molecule has 0 aromatic heterocycles.